The molecule has 0 saturated carbocycles. The molecule has 3 rings (SSSR count). The Morgan fingerprint density at radius 2 is 1.60 bits per heavy atom. The monoisotopic (exact) mass is 262 g/mol. The van der Waals surface area contributed by atoms with Crippen LogP contribution in [0.3, 0.4) is 0 Å². The van der Waals surface area contributed by atoms with E-state index >= 15 is 0 Å². The van der Waals surface area contributed by atoms with Crippen LogP contribution in [0.15, 0.2) is 48.5 Å². The van der Waals surface area contributed by atoms with Gasteiger partial charge in [-0.05, 0) is 19.9 Å². The van der Waals surface area contributed by atoms with Crippen molar-refractivity contribution in [3.63, 3.8) is 0 Å². The lowest BCUT2D eigenvalue weighted by molar-refractivity contribution is 0.103. The van der Waals surface area contributed by atoms with Crippen LogP contribution in [-0.4, -0.2) is 15.8 Å². The molecule has 0 aliphatic heterocycles. The highest BCUT2D eigenvalue weighted by atomic mass is 16.1. The summed E-state index contributed by atoms with van der Waals surface area (Å²) >= 11 is 0. The third-order valence-corrected chi connectivity index (χ3v) is 3.24. The van der Waals surface area contributed by atoms with Crippen molar-refractivity contribution in [2.45, 2.75) is 13.8 Å². The number of nitrogens with zero attached hydrogens (tertiary/aromatic N) is 2. The number of para-hydroxylation sites is 1. The summed E-state index contributed by atoms with van der Waals surface area (Å²) in [7, 11) is 0. The minimum Gasteiger partial charge on any atom is -0.287 e. The van der Waals surface area contributed by atoms with Crippen LogP contribution < -0.4 is 0 Å². The SMILES string of the molecule is Cc1ccc(C(=O)c2nc(C)nc3ccccc23)cc1. The molecule has 0 aliphatic carbocycles. The number of ketones is 1. The van der Waals surface area contributed by atoms with Gasteiger partial charge in [0.15, 0.2) is 0 Å². The van der Waals surface area contributed by atoms with Crippen molar-refractivity contribution in [1.29, 1.82) is 0 Å². The van der Waals surface area contributed by atoms with Gasteiger partial charge in [0.1, 0.15) is 11.5 Å². The third-order valence-electron chi connectivity index (χ3n) is 3.24. The smallest absolute Gasteiger partial charge is 0.212 e. The summed E-state index contributed by atoms with van der Waals surface area (Å²) in [5.41, 5.74) is 3.05. The number of rotatable bonds is 2. The number of aromatic nitrogens is 2. The van der Waals surface area contributed by atoms with E-state index in [-0.39, 0.29) is 5.78 Å². The van der Waals surface area contributed by atoms with Crippen molar-refractivity contribution >= 4 is 16.7 Å². The normalized spacial score (nSPS) is 10.7. The zero-order chi connectivity index (χ0) is 14.1. The molecular weight excluding hydrogens is 248 g/mol. The Kier molecular flexibility index (Phi) is 3.03. The highest BCUT2D eigenvalue weighted by molar-refractivity contribution is 6.14. The average molecular weight is 262 g/mol. The lowest BCUT2D eigenvalue weighted by Gasteiger charge is -2.06. The lowest BCUT2D eigenvalue weighted by Crippen LogP contribution is -2.07. The number of benzene rings is 2. The maximum Gasteiger partial charge on any atom is 0.212 e. The molecule has 2 aromatic carbocycles. The molecule has 3 aromatic rings. The molecule has 0 fully saturated rings. The summed E-state index contributed by atoms with van der Waals surface area (Å²) in [5.74, 6) is 0.547. The molecular formula is C17H14N2O. The molecule has 20 heavy (non-hydrogen) atoms. The molecule has 0 bridgehead atoms. The summed E-state index contributed by atoms with van der Waals surface area (Å²) in [6.45, 7) is 3.80. The maximum atomic E-state index is 12.6. The summed E-state index contributed by atoms with van der Waals surface area (Å²) in [5, 5.41) is 0.795. The topological polar surface area (TPSA) is 42.9 Å². The Morgan fingerprint density at radius 3 is 2.35 bits per heavy atom. The van der Waals surface area contributed by atoms with Gasteiger partial charge in [-0.15, -0.1) is 0 Å². The summed E-state index contributed by atoms with van der Waals surface area (Å²) < 4.78 is 0. The van der Waals surface area contributed by atoms with Crippen LogP contribution in [0.5, 0.6) is 0 Å². The lowest BCUT2D eigenvalue weighted by atomic mass is 10.0. The van der Waals surface area contributed by atoms with E-state index in [4.69, 9.17) is 0 Å². The first-order valence-electron chi connectivity index (χ1n) is 6.50. The van der Waals surface area contributed by atoms with Crippen LogP contribution in [-0.2, 0) is 0 Å². The first-order valence-corrected chi connectivity index (χ1v) is 6.50. The molecule has 0 N–H and O–H groups in total. The van der Waals surface area contributed by atoms with E-state index in [0.717, 1.165) is 16.5 Å². The van der Waals surface area contributed by atoms with E-state index in [1.165, 1.54) is 0 Å². The number of fused-ring (bicyclic) bond motifs is 1. The van der Waals surface area contributed by atoms with Crippen molar-refractivity contribution in [1.82, 2.24) is 9.97 Å². The van der Waals surface area contributed by atoms with Gasteiger partial charge in [0, 0.05) is 10.9 Å². The molecule has 3 nitrogen and oxygen atoms in total. The minimum absolute atomic E-state index is 0.0632. The van der Waals surface area contributed by atoms with Crippen LogP contribution in [0.4, 0.5) is 0 Å². The molecule has 0 radical (unpaired) electrons. The van der Waals surface area contributed by atoms with Gasteiger partial charge >= 0.3 is 0 Å². The van der Waals surface area contributed by atoms with Crippen molar-refractivity contribution in [2.24, 2.45) is 0 Å². The molecule has 0 unspecified atom stereocenters. The quantitative estimate of drug-likeness (QED) is 0.664. The van der Waals surface area contributed by atoms with Crippen LogP contribution in [0, 0.1) is 13.8 Å². The van der Waals surface area contributed by atoms with Gasteiger partial charge in [0.25, 0.3) is 0 Å². The summed E-state index contributed by atoms with van der Waals surface area (Å²) in [6.07, 6.45) is 0. The Labute approximate surface area is 117 Å². The molecule has 0 amide bonds. The Morgan fingerprint density at radius 1 is 0.900 bits per heavy atom. The number of aryl methyl sites for hydroxylation is 2. The van der Waals surface area contributed by atoms with Gasteiger partial charge in [-0.25, -0.2) is 9.97 Å². The minimum atomic E-state index is -0.0632. The summed E-state index contributed by atoms with van der Waals surface area (Å²) in [6, 6.07) is 15.1. The van der Waals surface area contributed by atoms with E-state index in [0.29, 0.717) is 17.1 Å². The van der Waals surface area contributed by atoms with E-state index in [1.807, 2.05) is 55.5 Å². The van der Waals surface area contributed by atoms with Gasteiger partial charge in [0.05, 0.1) is 5.52 Å². The van der Waals surface area contributed by atoms with Crippen molar-refractivity contribution in [3.8, 4) is 0 Å². The van der Waals surface area contributed by atoms with Gasteiger partial charge in [0.2, 0.25) is 5.78 Å². The molecule has 1 aromatic heterocycles. The number of carbonyl (C=O) groups excluding carboxylic acids is 1. The molecule has 0 atom stereocenters. The van der Waals surface area contributed by atoms with E-state index < -0.39 is 0 Å². The predicted molar refractivity (Wildman–Crippen MR) is 78.9 cm³/mol. The third kappa shape index (κ3) is 2.18. The van der Waals surface area contributed by atoms with E-state index in [9.17, 15) is 4.79 Å². The fourth-order valence-corrected chi connectivity index (χ4v) is 2.21. The van der Waals surface area contributed by atoms with Crippen LogP contribution in [0.25, 0.3) is 10.9 Å². The second-order valence-corrected chi connectivity index (χ2v) is 4.83. The van der Waals surface area contributed by atoms with Gasteiger partial charge < -0.3 is 0 Å². The van der Waals surface area contributed by atoms with Gasteiger partial charge in [-0.2, -0.15) is 0 Å². The highest BCUT2D eigenvalue weighted by Crippen LogP contribution is 2.19. The van der Waals surface area contributed by atoms with Crippen molar-refractivity contribution in [3.05, 3.63) is 71.2 Å². The van der Waals surface area contributed by atoms with Crippen molar-refractivity contribution in [2.75, 3.05) is 0 Å². The second kappa shape index (κ2) is 4.85. The predicted octanol–water partition coefficient (Wildman–Crippen LogP) is 3.48. The first kappa shape index (κ1) is 12.5. The van der Waals surface area contributed by atoms with E-state index in [2.05, 4.69) is 9.97 Å². The molecule has 3 heteroatoms. The Bertz CT molecular complexity index is 792. The summed E-state index contributed by atoms with van der Waals surface area (Å²) in [4.78, 5) is 21.3. The zero-order valence-electron chi connectivity index (χ0n) is 11.4. The van der Waals surface area contributed by atoms with Gasteiger partial charge in [-0.1, -0.05) is 48.0 Å². The Hall–Kier alpha value is -2.55. The Balaban J connectivity index is 2.18. The van der Waals surface area contributed by atoms with Gasteiger partial charge in [-0.3, -0.25) is 4.79 Å². The molecule has 0 saturated heterocycles. The average Bonchev–Trinajstić information content (AvgIpc) is 2.46. The molecule has 0 spiro atoms. The first-order chi connectivity index (χ1) is 9.65. The molecule has 0 aliphatic rings. The largest absolute Gasteiger partial charge is 0.287 e. The van der Waals surface area contributed by atoms with E-state index in [1.54, 1.807) is 6.92 Å². The van der Waals surface area contributed by atoms with Crippen molar-refractivity contribution < 1.29 is 4.79 Å². The zero-order valence-corrected chi connectivity index (χ0v) is 11.4. The standard InChI is InChI=1S/C17H14N2O/c1-11-7-9-13(10-8-11)17(20)16-14-5-3-4-6-15(14)18-12(2)19-16/h3-10H,1-2H3. The maximum absolute atomic E-state index is 12.6. The van der Waals surface area contributed by atoms with Crippen LogP contribution >= 0.6 is 0 Å². The molecule has 1 heterocycles. The highest BCUT2D eigenvalue weighted by Gasteiger charge is 2.15. The van der Waals surface area contributed by atoms with Crippen LogP contribution in [0.1, 0.15) is 27.4 Å². The second-order valence-electron chi connectivity index (χ2n) is 4.83. The number of hydrogen-bond donors (Lipinski definition) is 0. The fraction of sp³-hybridized carbons (Fsp3) is 0.118. The van der Waals surface area contributed by atoms with Crippen LogP contribution in [0.2, 0.25) is 0 Å². The molecule has 98 valence electrons. The number of carbonyl (C=O) groups is 1. The number of hydrogen-bond acceptors (Lipinski definition) is 3. The fourth-order valence-electron chi connectivity index (χ4n) is 2.21.